The van der Waals surface area contributed by atoms with E-state index in [1.807, 2.05) is 0 Å². The first-order valence-corrected chi connectivity index (χ1v) is 14.9. The van der Waals surface area contributed by atoms with Gasteiger partial charge in [0, 0.05) is 29.3 Å². The average Bonchev–Trinajstić information content (AvgIpc) is 3.14. The molecule has 39 heavy (non-hydrogen) atoms. The molecule has 0 radical (unpaired) electrons. The van der Waals surface area contributed by atoms with Crippen LogP contribution in [0.15, 0.2) is 21.9 Å². The van der Waals surface area contributed by atoms with E-state index in [9.17, 15) is 34.0 Å². The zero-order chi connectivity index (χ0) is 29.5. The smallest absolute Gasteiger partial charge is 0.406 e. The number of esters is 1. The minimum atomic E-state index is -4.23. The van der Waals surface area contributed by atoms with Gasteiger partial charge in [-0.3, -0.25) is 33.0 Å². The Balaban J connectivity index is 2.15. The number of carbonyl (C=O) groups is 2. The Hall–Kier alpha value is -1.84. The summed E-state index contributed by atoms with van der Waals surface area (Å²) in [6.45, 7) is 8.81. The van der Waals surface area contributed by atoms with Crippen molar-refractivity contribution in [2.24, 2.45) is 11.3 Å². The number of aliphatic hydroxyl groups is 2. The summed E-state index contributed by atoms with van der Waals surface area (Å²) in [4.78, 5) is 50.1. The van der Waals surface area contributed by atoms with Crippen LogP contribution in [0, 0.1) is 11.3 Å². The van der Waals surface area contributed by atoms with Crippen LogP contribution in [-0.4, -0.2) is 80.8 Å². The summed E-state index contributed by atoms with van der Waals surface area (Å²) in [6, 6.07) is -0.0281. The molecule has 2 rings (SSSR count). The van der Waals surface area contributed by atoms with E-state index < -0.39 is 80.1 Å². The lowest BCUT2D eigenvalue weighted by atomic mass is 9.99. The number of hydrogen-bond acceptors (Lipinski definition) is 12. The first-order chi connectivity index (χ1) is 18.1. The summed E-state index contributed by atoms with van der Waals surface area (Å²) in [6.07, 6.45) is -2.98. The predicted molar refractivity (Wildman–Crippen MR) is 142 cm³/mol. The van der Waals surface area contributed by atoms with Crippen molar-refractivity contribution in [1.29, 1.82) is 0 Å². The van der Waals surface area contributed by atoms with Crippen molar-refractivity contribution < 1.29 is 42.9 Å². The normalized spacial score (nSPS) is 23.9. The monoisotopic (exact) mass is 595 g/mol. The molecule has 14 nitrogen and oxygen atoms in total. The summed E-state index contributed by atoms with van der Waals surface area (Å²) >= 11 is 0.997. The third-order valence-corrected chi connectivity index (χ3v) is 8.48. The molecule has 4 N–H and O–H groups in total. The van der Waals surface area contributed by atoms with Crippen LogP contribution in [-0.2, 0) is 32.7 Å². The molecule has 1 aromatic rings. The van der Waals surface area contributed by atoms with Gasteiger partial charge in [0.15, 0.2) is 11.3 Å². The molecule has 1 aromatic heterocycles. The van der Waals surface area contributed by atoms with Crippen LogP contribution >= 0.6 is 19.5 Å². The number of hydrogen-bond donors (Lipinski definition) is 4. The highest BCUT2D eigenvalue weighted by Gasteiger charge is 2.46. The summed E-state index contributed by atoms with van der Waals surface area (Å²) in [7, 11) is -4.23. The standard InChI is InChI=1S/C23H38N3O11PS/c1-13(2)36-20(30)14(3)25-38(33,34-9-10-39-21(31)23(4,5)6)35-12-16-15(11-27)18(29)19(37-16)26-8-7-17(28)24-22(26)32/h7-8,13-16,18-19,27,29H,9-12H2,1-6H3,(H,25,33)(H,24,28,32)/t14-,15+,16+,18+,19+,38-/m0/s1. The maximum atomic E-state index is 13.6. The lowest BCUT2D eigenvalue weighted by Crippen LogP contribution is -2.37. The summed E-state index contributed by atoms with van der Waals surface area (Å²) in [5.74, 6) is -1.50. The Morgan fingerprint density at radius 2 is 1.92 bits per heavy atom. The average molecular weight is 596 g/mol. The number of aliphatic hydroxyl groups excluding tert-OH is 2. The van der Waals surface area contributed by atoms with E-state index in [1.54, 1.807) is 34.6 Å². The number of H-pyrrole nitrogens is 1. The van der Waals surface area contributed by atoms with Crippen LogP contribution < -0.4 is 16.3 Å². The Morgan fingerprint density at radius 1 is 1.26 bits per heavy atom. The number of ether oxygens (including phenoxy) is 2. The van der Waals surface area contributed by atoms with Gasteiger partial charge in [-0.2, -0.15) is 0 Å². The van der Waals surface area contributed by atoms with E-state index in [0.717, 1.165) is 28.6 Å². The molecule has 2 heterocycles. The summed E-state index contributed by atoms with van der Waals surface area (Å²) in [5, 5.41) is 23.0. The number of aromatic amines is 1. The van der Waals surface area contributed by atoms with Crippen LogP contribution in [0.5, 0.6) is 0 Å². The predicted octanol–water partition coefficient (Wildman–Crippen LogP) is 0.780. The fourth-order valence-electron chi connectivity index (χ4n) is 3.45. The van der Waals surface area contributed by atoms with E-state index in [4.69, 9.17) is 18.5 Å². The molecular weight excluding hydrogens is 557 g/mol. The maximum absolute atomic E-state index is 13.6. The lowest BCUT2D eigenvalue weighted by Gasteiger charge is -2.25. The fourth-order valence-corrected chi connectivity index (χ4v) is 5.84. The second-order valence-corrected chi connectivity index (χ2v) is 13.1. The second-order valence-electron chi connectivity index (χ2n) is 10.3. The van der Waals surface area contributed by atoms with Gasteiger partial charge >= 0.3 is 19.4 Å². The SMILES string of the molecule is CC(C)OC(=O)[C@H](C)N[P@](=O)(OCCSC(=O)C(C)(C)C)OC[C@H]1O[C@@H](n2ccc(=O)[nH]c2=O)[C@H](O)[C@@H]1CO. The van der Waals surface area contributed by atoms with Crippen LogP contribution in [0.3, 0.4) is 0 Å². The van der Waals surface area contributed by atoms with E-state index >= 15 is 0 Å². The number of thioether (sulfide) groups is 1. The van der Waals surface area contributed by atoms with Gasteiger partial charge in [0.2, 0.25) is 0 Å². The van der Waals surface area contributed by atoms with Crippen molar-refractivity contribution in [3.63, 3.8) is 0 Å². The van der Waals surface area contributed by atoms with Gasteiger partial charge < -0.3 is 19.7 Å². The van der Waals surface area contributed by atoms with Crippen molar-refractivity contribution in [2.75, 3.05) is 25.6 Å². The van der Waals surface area contributed by atoms with Crippen molar-refractivity contribution in [3.8, 4) is 0 Å². The second kappa shape index (κ2) is 14.2. The van der Waals surface area contributed by atoms with Gasteiger partial charge in [-0.25, -0.2) is 14.4 Å². The molecule has 0 bridgehead atoms. The van der Waals surface area contributed by atoms with Crippen molar-refractivity contribution >= 4 is 30.6 Å². The van der Waals surface area contributed by atoms with Crippen molar-refractivity contribution in [2.45, 2.75) is 72.1 Å². The molecule has 0 saturated carbocycles. The van der Waals surface area contributed by atoms with Gasteiger partial charge in [0.1, 0.15) is 12.1 Å². The molecule has 1 aliphatic rings. The van der Waals surface area contributed by atoms with E-state index in [1.165, 1.54) is 6.92 Å². The number of nitrogens with one attached hydrogen (secondary N) is 2. The molecule has 0 aliphatic carbocycles. The minimum Gasteiger partial charge on any atom is -0.462 e. The molecule has 1 fully saturated rings. The van der Waals surface area contributed by atoms with Gasteiger partial charge in [0.25, 0.3) is 5.56 Å². The summed E-state index contributed by atoms with van der Waals surface area (Å²) in [5.41, 5.74) is -2.05. The van der Waals surface area contributed by atoms with E-state index in [0.29, 0.717) is 0 Å². The molecular formula is C23H38N3O11PS. The maximum Gasteiger partial charge on any atom is 0.406 e. The lowest BCUT2D eigenvalue weighted by molar-refractivity contribution is -0.149. The molecule has 0 unspecified atom stereocenters. The number of carbonyl (C=O) groups excluding carboxylic acids is 2. The van der Waals surface area contributed by atoms with E-state index in [-0.39, 0.29) is 17.5 Å². The topological polar surface area (TPSA) is 195 Å². The molecule has 0 aromatic carbocycles. The molecule has 6 atom stereocenters. The van der Waals surface area contributed by atoms with Crippen molar-refractivity contribution in [1.82, 2.24) is 14.6 Å². The van der Waals surface area contributed by atoms with Crippen molar-refractivity contribution in [3.05, 3.63) is 33.1 Å². The molecule has 16 heteroatoms. The molecule has 0 spiro atoms. The first-order valence-electron chi connectivity index (χ1n) is 12.4. The Morgan fingerprint density at radius 3 is 2.49 bits per heavy atom. The van der Waals surface area contributed by atoms with Crippen LogP contribution in [0.25, 0.3) is 0 Å². The Labute approximate surface area is 230 Å². The highest BCUT2D eigenvalue weighted by atomic mass is 32.2. The van der Waals surface area contributed by atoms with Gasteiger partial charge in [-0.1, -0.05) is 32.5 Å². The number of rotatable bonds is 13. The van der Waals surface area contributed by atoms with Gasteiger partial charge in [-0.05, 0) is 20.8 Å². The number of nitrogens with zero attached hydrogens (tertiary/aromatic N) is 1. The zero-order valence-electron chi connectivity index (χ0n) is 22.8. The van der Waals surface area contributed by atoms with Crippen LogP contribution in [0.1, 0.15) is 47.8 Å². The van der Waals surface area contributed by atoms with Gasteiger partial charge in [0.05, 0.1) is 32.0 Å². The van der Waals surface area contributed by atoms with Crippen LogP contribution in [0.2, 0.25) is 0 Å². The fraction of sp³-hybridized carbons (Fsp3) is 0.739. The highest BCUT2D eigenvalue weighted by molar-refractivity contribution is 8.13. The Bertz CT molecular complexity index is 1150. The highest BCUT2D eigenvalue weighted by Crippen LogP contribution is 2.46. The first kappa shape index (κ1) is 33.4. The summed E-state index contributed by atoms with van der Waals surface area (Å²) < 4.78 is 36.5. The molecule has 0 amide bonds. The number of aromatic nitrogens is 2. The zero-order valence-corrected chi connectivity index (χ0v) is 24.5. The molecule has 1 aliphatic heterocycles. The van der Waals surface area contributed by atoms with Crippen LogP contribution in [0.4, 0.5) is 0 Å². The third kappa shape index (κ3) is 9.64. The Kier molecular flexibility index (Phi) is 12.1. The minimum absolute atomic E-state index is 0.0913. The largest absolute Gasteiger partial charge is 0.462 e. The molecule has 222 valence electrons. The van der Waals surface area contributed by atoms with Gasteiger partial charge in [-0.15, -0.1) is 0 Å². The molecule has 1 saturated heterocycles. The van der Waals surface area contributed by atoms with E-state index in [2.05, 4.69) is 10.1 Å². The quantitative estimate of drug-likeness (QED) is 0.142. The third-order valence-electron chi connectivity index (χ3n) is 5.51.